The van der Waals surface area contributed by atoms with Gasteiger partial charge < -0.3 is 5.32 Å². The van der Waals surface area contributed by atoms with Crippen molar-refractivity contribution in [2.24, 2.45) is 0 Å². The van der Waals surface area contributed by atoms with Gasteiger partial charge in [-0.3, -0.25) is 0 Å². The number of nitrogens with one attached hydrogen (secondary N) is 1. The third-order valence-electron chi connectivity index (χ3n) is 3.04. The molecule has 19 heavy (non-hydrogen) atoms. The third-order valence-corrected chi connectivity index (χ3v) is 4.23. The van der Waals surface area contributed by atoms with E-state index < -0.39 is 11.6 Å². The molecule has 1 aromatic heterocycles. The molecule has 0 saturated carbocycles. The van der Waals surface area contributed by atoms with E-state index in [1.54, 1.807) is 18.4 Å². The zero-order chi connectivity index (χ0) is 13.8. The SMILES string of the molecule is CNC(CCc1ccsc1)c1c(F)cc(Br)cc1F. The minimum atomic E-state index is -0.517. The molecule has 0 fully saturated rings. The van der Waals surface area contributed by atoms with Crippen molar-refractivity contribution >= 4 is 27.3 Å². The summed E-state index contributed by atoms with van der Waals surface area (Å²) < 4.78 is 28.2. The Bertz CT molecular complexity index is 519. The first-order chi connectivity index (χ1) is 9.11. The van der Waals surface area contributed by atoms with Crippen molar-refractivity contribution in [2.75, 3.05) is 7.05 Å². The molecule has 0 aliphatic heterocycles. The molecule has 0 amide bonds. The lowest BCUT2D eigenvalue weighted by Gasteiger charge is -2.18. The summed E-state index contributed by atoms with van der Waals surface area (Å²) in [5.74, 6) is -1.03. The summed E-state index contributed by atoms with van der Waals surface area (Å²) >= 11 is 4.72. The molecule has 102 valence electrons. The van der Waals surface area contributed by atoms with Gasteiger partial charge >= 0.3 is 0 Å². The maximum Gasteiger partial charge on any atom is 0.132 e. The van der Waals surface area contributed by atoms with Crippen LogP contribution >= 0.6 is 27.3 Å². The first-order valence-corrected chi connectivity index (χ1v) is 7.68. The molecule has 0 radical (unpaired) electrons. The van der Waals surface area contributed by atoms with E-state index in [4.69, 9.17) is 0 Å². The highest BCUT2D eigenvalue weighted by Gasteiger charge is 2.19. The Hall–Kier alpha value is -0.780. The van der Waals surface area contributed by atoms with Gasteiger partial charge in [-0.1, -0.05) is 15.9 Å². The van der Waals surface area contributed by atoms with Crippen molar-refractivity contribution in [3.63, 3.8) is 0 Å². The molecule has 0 saturated heterocycles. The predicted octanol–water partition coefficient (Wildman–Crippen LogP) is 4.68. The Kier molecular flexibility index (Phi) is 5.07. The van der Waals surface area contributed by atoms with Gasteiger partial charge in [-0.15, -0.1) is 0 Å². The molecular weight excluding hydrogens is 332 g/mol. The van der Waals surface area contributed by atoms with E-state index >= 15 is 0 Å². The van der Waals surface area contributed by atoms with Gasteiger partial charge in [-0.2, -0.15) is 11.3 Å². The molecule has 0 spiro atoms. The molecule has 2 rings (SSSR count). The number of benzene rings is 1. The molecular formula is C14H14BrF2NS. The smallest absolute Gasteiger partial charge is 0.132 e. The molecule has 1 aromatic carbocycles. The van der Waals surface area contributed by atoms with Crippen molar-refractivity contribution in [3.05, 3.63) is 56.2 Å². The average Bonchev–Trinajstić information content (AvgIpc) is 2.85. The van der Waals surface area contributed by atoms with Crippen LogP contribution in [0.5, 0.6) is 0 Å². The van der Waals surface area contributed by atoms with E-state index in [2.05, 4.69) is 26.6 Å². The van der Waals surface area contributed by atoms with E-state index in [0.29, 0.717) is 10.9 Å². The quantitative estimate of drug-likeness (QED) is 0.829. The Labute approximate surface area is 123 Å². The van der Waals surface area contributed by atoms with Crippen LogP contribution in [0.2, 0.25) is 0 Å². The van der Waals surface area contributed by atoms with Gasteiger partial charge in [0.2, 0.25) is 0 Å². The minimum Gasteiger partial charge on any atom is -0.313 e. The number of aryl methyl sites for hydroxylation is 1. The fraction of sp³-hybridized carbons (Fsp3) is 0.286. The zero-order valence-electron chi connectivity index (χ0n) is 10.4. The highest BCUT2D eigenvalue weighted by Crippen LogP contribution is 2.27. The molecule has 0 aliphatic carbocycles. The van der Waals surface area contributed by atoms with Crippen LogP contribution in [0, 0.1) is 11.6 Å². The number of halogens is 3. The van der Waals surface area contributed by atoms with Crippen LogP contribution in [0.1, 0.15) is 23.6 Å². The lowest BCUT2D eigenvalue weighted by atomic mass is 9.99. The van der Waals surface area contributed by atoms with Gasteiger partial charge in [0.25, 0.3) is 0 Å². The van der Waals surface area contributed by atoms with Gasteiger partial charge in [0.05, 0.1) is 0 Å². The van der Waals surface area contributed by atoms with Crippen LogP contribution in [0.3, 0.4) is 0 Å². The second-order valence-corrected chi connectivity index (χ2v) is 5.99. The highest BCUT2D eigenvalue weighted by atomic mass is 79.9. The maximum atomic E-state index is 13.9. The van der Waals surface area contributed by atoms with Gasteiger partial charge in [0.15, 0.2) is 0 Å². The zero-order valence-corrected chi connectivity index (χ0v) is 12.8. The van der Waals surface area contributed by atoms with E-state index in [9.17, 15) is 8.78 Å². The van der Waals surface area contributed by atoms with Crippen LogP contribution < -0.4 is 5.32 Å². The predicted molar refractivity (Wildman–Crippen MR) is 78.5 cm³/mol. The summed E-state index contributed by atoms with van der Waals surface area (Å²) in [5, 5.41) is 7.05. The molecule has 5 heteroatoms. The maximum absolute atomic E-state index is 13.9. The van der Waals surface area contributed by atoms with Crippen LogP contribution in [0.4, 0.5) is 8.78 Å². The summed E-state index contributed by atoms with van der Waals surface area (Å²) in [5.41, 5.74) is 1.31. The topological polar surface area (TPSA) is 12.0 Å². The lowest BCUT2D eigenvalue weighted by Crippen LogP contribution is -2.20. The summed E-state index contributed by atoms with van der Waals surface area (Å²) in [6.07, 6.45) is 1.45. The van der Waals surface area contributed by atoms with Crippen LogP contribution in [-0.4, -0.2) is 7.05 Å². The second-order valence-electron chi connectivity index (χ2n) is 4.29. The Balaban J connectivity index is 2.17. The summed E-state index contributed by atoms with van der Waals surface area (Å²) in [4.78, 5) is 0. The summed E-state index contributed by atoms with van der Waals surface area (Å²) in [7, 11) is 1.72. The van der Waals surface area contributed by atoms with Crippen molar-refractivity contribution in [2.45, 2.75) is 18.9 Å². The molecule has 1 heterocycles. The fourth-order valence-electron chi connectivity index (χ4n) is 2.07. The number of rotatable bonds is 5. The lowest BCUT2D eigenvalue weighted by molar-refractivity contribution is 0.471. The average molecular weight is 346 g/mol. The number of hydrogen-bond donors (Lipinski definition) is 1. The van der Waals surface area contributed by atoms with Crippen molar-refractivity contribution < 1.29 is 8.78 Å². The van der Waals surface area contributed by atoms with E-state index in [0.717, 1.165) is 6.42 Å². The standard InChI is InChI=1S/C14H14BrF2NS/c1-18-13(3-2-9-4-5-19-8-9)14-11(16)6-10(15)7-12(14)17/h4-8,13,18H,2-3H2,1H3. The molecule has 0 aliphatic rings. The summed E-state index contributed by atoms with van der Waals surface area (Å²) in [6, 6.07) is 4.31. The molecule has 1 nitrogen and oxygen atoms in total. The summed E-state index contributed by atoms with van der Waals surface area (Å²) in [6.45, 7) is 0. The van der Waals surface area contributed by atoms with Gasteiger partial charge in [0.1, 0.15) is 11.6 Å². The Morgan fingerprint density at radius 1 is 1.32 bits per heavy atom. The third kappa shape index (κ3) is 3.61. The largest absolute Gasteiger partial charge is 0.313 e. The van der Waals surface area contributed by atoms with Gasteiger partial charge in [0, 0.05) is 16.1 Å². The minimum absolute atomic E-state index is 0.112. The second kappa shape index (κ2) is 6.59. The van der Waals surface area contributed by atoms with Crippen LogP contribution in [0.25, 0.3) is 0 Å². The fourth-order valence-corrected chi connectivity index (χ4v) is 3.17. The van der Waals surface area contributed by atoms with Gasteiger partial charge in [-0.25, -0.2) is 8.78 Å². The Morgan fingerprint density at radius 3 is 2.53 bits per heavy atom. The van der Waals surface area contributed by atoms with E-state index in [1.165, 1.54) is 17.7 Å². The number of thiophene rings is 1. The highest BCUT2D eigenvalue weighted by molar-refractivity contribution is 9.10. The Morgan fingerprint density at radius 2 is 2.00 bits per heavy atom. The van der Waals surface area contributed by atoms with Gasteiger partial charge in [-0.05, 0) is 54.4 Å². The normalized spacial score (nSPS) is 12.6. The van der Waals surface area contributed by atoms with E-state index in [1.807, 2.05) is 11.4 Å². The van der Waals surface area contributed by atoms with Crippen molar-refractivity contribution in [1.82, 2.24) is 5.32 Å². The molecule has 1 atom stereocenters. The first-order valence-electron chi connectivity index (χ1n) is 5.94. The molecule has 1 N–H and O–H groups in total. The van der Waals surface area contributed by atoms with E-state index in [-0.39, 0.29) is 11.6 Å². The van der Waals surface area contributed by atoms with Crippen LogP contribution in [-0.2, 0) is 6.42 Å². The molecule has 0 bridgehead atoms. The van der Waals surface area contributed by atoms with Crippen LogP contribution in [0.15, 0.2) is 33.4 Å². The van der Waals surface area contributed by atoms with Crippen molar-refractivity contribution in [1.29, 1.82) is 0 Å². The molecule has 1 unspecified atom stereocenters. The van der Waals surface area contributed by atoms with Crippen molar-refractivity contribution in [3.8, 4) is 0 Å². The monoisotopic (exact) mass is 345 g/mol. The molecule has 2 aromatic rings. The number of hydrogen-bond acceptors (Lipinski definition) is 2. The first kappa shape index (κ1) is 14.6.